The van der Waals surface area contributed by atoms with Crippen LogP contribution in [0.4, 0.5) is 0 Å². The van der Waals surface area contributed by atoms with E-state index in [0.29, 0.717) is 18.5 Å². The summed E-state index contributed by atoms with van der Waals surface area (Å²) in [7, 11) is 0. The van der Waals surface area contributed by atoms with Crippen molar-refractivity contribution in [3.63, 3.8) is 0 Å². The van der Waals surface area contributed by atoms with Crippen LogP contribution in [0.25, 0.3) is 0 Å². The molecule has 1 saturated heterocycles. The first-order chi connectivity index (χ1) is 15.8. The van der Waals surface area contributed by atoms with Crippen molar-refractivity contribution < 1.29 is 24.3 Å². The van der Waals surface area contributed by atoms with Crippen molar-refractivity contribution in [2.24, 2.45) is 16.5 Å². The number of carbonyl (C=O) groups is 4. The number of aliphatic imine (C=N–C) groups is 1. The summed E-state index contributed by atoms with van der Waals surface area (Å²) >= 11 is 0. The smallest absolute Gasteiger partial charge is 0.322 e. The quantitative estimate of drug-likeness (QED) is 0.0837. The largest absolute Gasteiger partial charge is 0.480 e. The van der Waals surface area contributed by atoms with Gasteiger partial charge in [0, 0.05) is 24.9 Å². The molecule has 2 rings (SSSR count). The molecule has 3 amide bonds. The zero-order valence-electron chi connectivity index (χ0n) is 18.2. The van der Waals surface area contributed by atoms with Crippen molar-refractivity contribution in [2.75, 3.05) is 19.6 Å². The molecule has 14 heteroatoms. The number of hydrogen-bond acceptors (Lipinski definition) is 7. The van der Waals surface area contributed by atoms with Gasteiger partial charge in [-0.2, -0.15) is 0 Å². The third-order valence-corrected chi connectivity index (χ3v) is 4.98. The van der Waals surface area contributed by atoms with E-state index in [-0.39, 0.29) is 31.3 Å². The Morgan fingerprint density at radius 3 is 2.61 bits per heavy atom. The molecule has 3 atom stereocenters. The molecule has 2 heterocycles. The van der Waals surface area contributed by atoms with Gasteiger partial charge in [-0.3, -0.25) is 24.2 Å². The molecule has 0 spiro atoms. The molecule has 3 unspecified atom stereocenters. The lowest BCUT2D eigenvalue weighted by molar-refractivity contribution is -0.138. The number of nitrogens with two attached hydrogens (primary N) is 2. The van der Waals surface area contributed by atoms with Gasteiger partial charge in [-0.05, 0) is 32.2 Å². The lowest BCUT2D eigenvalue weighted by Gasteiger charge is -2.24. The number of nitrogens with zero attached hydrogens (tertiary/aromatic N) is 2. The fraction of sp³-hybridized carbons (Fsp3) is 0.579. The van der Waals surface area contributed by atoms with Crippen molar-refractivity contribution in [3.05, 3.63) is 18.2 Å². The number of carbonyl (C=O) groups excluding carboxylic acids is 3. The van der Waals surface area contributed by atoms with Crippen molar-refractivity contribution >= 4 is 29.7 Å². The number of H-pyrrole nitrogens is 1. The lowest BCUT2D eigenvalue weighted by Crippen LogP contribution is -2.56. The Kier molecular flexibility index (Phi) is 10.1. The zero-order valence-corrected chi connectivity index (χ0v) is 18.2. The number of rotatable bonds is 13. The van der Waals surface area contributed by atoms with Crippen molar-refractivity contribution in [2.45, 2.75) is 50.2 Å². The van der Waals surface area contributed by atoms with E-state index in [9.17, 15) is 19.2 Å². The molecule has 0 aliphatic carbocycles. The summed E-state index contributed by atoms with van der Waals surface area (Å²) in [6.07, 6.45) is 5.12. The van der Waals surface area contributed by atoms with Gasteiger partial charge in [0.25, 0.3) is 0 Å². The molecule has 0 radical (unpaired) electrons. The monoisotopic (exact) mass is 465 g/mol. The summed E-state index contributed by atoms with van der Waals surface area (Å²) in [6, 6.07) is -2.41. The van der Waals surface area contributed by atoms with E-state index >= 15 is 0 Å². The molecule has 0 saturated carbocycles. The number of imidazole rings is 1. The number of carboxylic acid groups (broad SMARTS) is 1. The molecule has 33 heavy (non-hydrogen) atoms. The van der Waals surface area contributed by atoms with Crippen molar-refractivity contribution in [3.8, 4) is 0 Å². The highest BCUT2D eigenvalue weighted by atomic mass is 16.4. The van der Waals surface area contributed by atoms with Crippen LogP contribution in [-0.2, 0) is 25.6 Å². The van der Waals surface area contributed by atoms with E-state index in [0.717, 1.165) is 13.0 Å². The van der Waals surface area contributed by atoms with E-state index < -0.39 is 42.5 Å². The zero-order chi connectivity index (χ0) is 24.2. The summed E-state index contributed by atoms with van der Waals surface area (Å²) in [4.78, 5) is 59.6. The summed E-state index contributed by atoms with van der Waals surface area (Å²) < 4.78 is 0. The molecule has 14 nitrogen and oxygen atoms in total. The molecule has 0 aromatic carbocycles. The Hall–Kier alpha value is -3.68. The second kappa shape index (κ2) is 13.0. The van der Waals surface area contributed by atoms with Gasteiger partial charge >= 0.3 is 5.97 Å². The molecule has 10 N–H and O–H groups in total. The number of hydrogen-bond donors (Lipinski definition) is 8. The van der Waals surface area contributed by atoms with Crippen LogP contribution in [0, 0.1) is 0 Å². The predicted molar refractivity (Wildman–Crippen MR) is 118 cm³/mol. The Labute approximate surface area is 190 Å². The summed E-state index contributed by atoms with van der Waals surface area (Å²) in [5, 5.41) is 19.5. The molecule has 1 aromatic heterocycles. The number of amides is 3. The van der Waals surface area contributed by atoms with Gasteiger partial charge in [-0.15, -0.1) is 0 Å². The van der Waals surface area contributed by atoms with Gasteiger partial charge in [0.2, 0.25) is 17.7 Å². The fourth-order valence-electron chi connectivity index (χ4n) is 3.34. The van der Waals surface area contributed by atoms with Crippen LogP contribution in [0.3, 0.4) is 0 Å². The first kappa shape index (κ1) is 25.6. The van der Waals surface area contributed by atoms with Crippen LogP contribution >= 0.6 is 0 Å². The molecule has 1 aromatic rings. The lowest BCUT2D eigenvalue weighted by atomic mass is 10.1. The Morgan fingerprint density at radius 2 is 2.00 bits per heavy atom. The number of guanidine groups is 1. The van der Waals surface area contributed by atoms with Crippen LogP contribution < -0.4 is 32.7 Å². The maximum absolute atomic E-state index is 13.0. The van der Waals surface area contributed by atoms with Crippen molar-refractivity contribution in [1.29, 1.82) is 0 Å². The second-order valence-corrected chi connectivity index (χ2v) is 7.61. The molecule has 182 valence electrons. The molecule has 1 aliphatic heterocycles. The summed E-state index contributed by atoms with van der Waals surface area (Å²) in [6.45, 7) is 0.385. The highest BCUT2D eigenvalue weighted by molar-refractivity contribution is 5.93. The van der Waals surface area contributed by atoms with Crippen LogP contribution in [0.2, 0.25) is 0 Å². The van der Waals surface area contributed by atoms with Crippen LogP contribution in [0.5, 0.6) is 0 Å². The van der Waals surface area contributed by atoms with Gasteiger partial charge in [-0.1, -0.05) is 0 Å². The fourth-order valence-corrected chi connectivity index (χ4v) is 3.34. The highest BCUT2D eigenvalue weighted by Gasteiger charge is 2.30. The normalized spacial score (nSPS) is 16.9. The minimum absolute atomic E-state index is 0.0516. The Balaban J connectivity index is 2.08. The van der Waals surface area contributed by atoms with Gasteiger partial charge < -0.3 is 42.8 Å². The third-order valence-electron chi connectivity index (χ3n) is 4.98. The van der Waals surface area contributed by atoms with E-state index in [4.69, 9.17) is 16.6 Å². The first-order valence-electron chi connectivity index (χ1n) is 10.6. The van der Waals surface area contributed by atoms with Gasteiger partial charge in [0.05, 0.1) is 12.4 Å². The maximum atomic E-state index is 13.0. The van der Waals surface area contributed by atoms with E-state index in [1.807, 2.05) is 0 Å². The molecule has 1 aliphatic rings. The van der Waals surface area contributed by atoms with Gasteiger partial charge in [0.15, 0.2) is 5.96 Å². The van der Waals surface area contributed by atoms with E-state index in [1.54, 1.807) is 0 Å². The SMILES string of the molecule is NC(N)=NCCCC(NC(=O)C1CCCN1)C(=O)NC(Cc1cnc[nH]1)C(=O)NCC(=O)O. The Bertz CT molecular complexity index is 833. The second-order valence-electron chi connectivity index (χ2n) is 7.61. The standard InChI is InChI=1S/C19H31N9O5/c20-19(21)24-6-2-4-13(27-17(32)12-3-1-5-23-12)18(33)28-14(7-11-8-22-10-26-11)16(31)25-9-15(29)30/h8,10,12-14,23H,1-7,9H2,(H,22,26)(H,25,31)(H,27,32)(H,28,33)(H,29,30)(H4,20,21,24). The summed E-state index contributed by atoms with van der Waals surface area (Å²) in [5.41, 5.74) is 11.2. The number of aromatic nitrogens is 2. The van der Waals surface area contributed by atoms with Crippen molar-refractivity contribution in [1.82, 2.24) is 31.2 Å². The topological polar surface area (TPSA) is 230 Å². The summed E-state index contributed by atoms with van der Waals surface area (Å²) in [5.74, 6) is -2.87. The highest BCUT2D eigenvalue weighted by Crippen LogP contribution is 2.08. The minimum Gasteiger partial charge on any atom is -0.480 e. The third kappa shape index (κ3) is 9.14. The Morgan fingerprint density at radius 1 is 1.21 bits per heavy atom. The molecular weight excluding hydrogens is 434 g/mol. The predicted octanol–water partition coefficient (Wildman–Crippen LogP) is -3.07. The van der Waals surface area contributed by atoms with Crippen LogP contribution in [0.1, 0.15) is 31.4 Å². The van der Waals surface area contributed by atoms with Crippen LogP contribution in [0.15, 0.2) is 17.5 Å². The maximum Gasteiger partial charge on any atom is 0.322 e. The van der Waals surface area contributed by atoms with E-state index in [1.165, 1.54) is 12.5 Å². The van der Waals surface area contributed by atoms with E-state index in [2.05, 4.69) is 36.2 Å². The molecule has 0 bridgehead atoms. The average molecular weight is 466 g/mol. The number of aromatic amines is 1. The average Bonchev–Trinajstić information content (AvgIpc) is 3.47. The minimum atomic E-state index is -1.22. The molecular formula is C19H31N9O5. The van der Waals surface area contributed by atoms with Gasteiger partial charge in [-0.25, -0.2) is 4.98 Å². The number of carboxylic acids is 1. The number of nitrogens with one attached hydrogen (secondary N) is 5. The van der Waals surface area contributed by atoms with Gasteiger partial charge in [0.1, 0.15) is 18.6 Å². The number of aliphatic carboxylic acids is 1. The molecule has 1 fully saturated rings. The van der Waals surface area contributed by atoms with Crippen LogP contribution in [-0.4, -0.2) is 82.5 Å². The first-order valence-corrected chi connectivity index (χ1v) is 10.6.